The number of carbonyl (C=O) groups excluding carboxylic acids is 2. The Labute approximate surface area is 223 Å². The summed E-state index contributed by atoms with van der Waals surface area (Å²) in [5.74, 6) is -0.208. The molecule has 1 aliphatic carbocycles. The molecule has 0 saturated carbocycles. The number of benzene rings is 1. The molecular weight excluding hydrogens is 497 g/mol. The lowest BCUT2D eigenvalue weighted by Crippen LogP contribution is -2.38. The number of allylic oxidation sites excluding steroid dienone is 1. The Kier molecular flexibility index (Phi) is 9.81. The molecule has 1 aromatic rings. The van der Waals surface area contributed by atoms with Crippen molar-refractivity contribution in [1.29, 1.82) is 0 Å². The Bertz CT molecular complexity index is 1080. The molecule has 0 N–H and O–H groups in total. The number of halogens is 3. The summed E-state index contributed by atoms with van der Waals surface area (Å²) in [6.45, 7) is 9.06. The molecule has 0 fully saturated rings. The van der Waals surface area contributed by atoms with Crippen molar-refractivity contribution >= 4 is 11.9 Å². The van der Waals surface area contributed by atoms with E-state index in [1.807, 2.05) is 32.9 Å². The number of amides is 1. The van der Waals surface area contributed by atoms with Gasteiger partial charge < -0.3 is 14.4 Å². The van der Waals surface area contributed by atoms with Crippen molar-refractivity contribution in [1.82, 2.24) is 9.80 Å². The molecule has 0 saturated heterocycles. The molecule has 1 aromatic carbocycles. The summed E-state index contributed by atoms with van der Waals surface area (Å²) in [4.78, 5) is 28.1. The molecule has 1 heterocycles. The van der Waals surface area contributed by atoms with Gasteiger partial charge in [-0.2, -0.15) is 13.2 Å². The van der Waals surface area contributed by atoms with Crippen molar-refractivity contribution in [3.8, 4) is 0 Å². The summed E-state index contributed by atoms with van der Waals surface area (Å²) < 4.78 is 52.1. The second kappa shape index (κ2) is 12.5. The number of carbonyl (C=O) groups is 2. The van der Waals surface area contributed by atoms with Crippen molar-refractivity contribution in [2.75, 3.05) is 33.3 Å². The largest absolute Gasteiger partial charge is 0.466 e. The number of alkyl halides is 3. The molecule has 2 aliphatic rings. The molecule has 0 radical (unpaired) electrons. The maximum absolute atomic E-state index is 13.7. The Morgan fingerprint density at radius 1 is 1.24 bits per heavy atom. The first-order chi connectivity index (χ1) is 17.8. The Balaban J connectivity index is 1.60. The minimum Gasteiger partial charge on any atom is -0.466 e. The predicted molar refractivity (Wildman–Crippen MR) is 139 cm³/mol. The predicted octanol–water partition coefficient (Wildman–Crippen LogP) is 5.51. The highest BCUT2D eigenvalue weighted by molar-refractivity contribution is 5.81. The maximum atomic E-state index is 13.7. The standard InChI is InChI=1S/C29H39F3N2O4/c1-6-37-27(36)11-13-33(5)18-26(35)34-14-10-23-17-28(4,12-9-25(23)34)38-19-21-7-8-22(15-20(2)3)24(16-21)29(30,31)32/h7-9,12,16,20H,6,10-11,13-15,17-19H2,1-5H3. The van der Waals surface area contributed by atoms with Gasteiger partial charge in [0, 0.05) is 25.2 Å². The van der Waals surface area contributed by atoms with Crippen molar-refractivity contribution in [3.05, 3.63) is 58.3 Å². The van der Waals surface area contributed by atoms with Gasteiger partial charge >= 0.3 is 12.1 Å². The molecule has 1 aliphatic heterocycles. The van der Waals surface area contributed by atoms with Crippen LogP contribution in [0, 0.1) is 5.92 Å². The van der Waals surface area contributed by atoms with Gasteiger partial charge in [0.15, 0.2) is 0 Å². The summed E-state index contributed by atoms with van der Waals surface area (Å²) in [5.41, 5.74) is 1.47. The van der Waals surface area contributed by atoms with Crippen LogP contribution in [0.1, 0.15) is 63.6 Å². The normalized spacial score (nSPS) is 19.5. The number of rotatable bonds is 11. The van der Waals surface area contributed by atoms with Gasteiger partial charge in [0.05, 0.1) is 37.3 Å². The highest BCUT2D eigenvalue weighted by Gasteiger charge is 2.36. The van der Waals surface area contributed by atoms with E-state index < -0.39 is 17.3 Å². The third kappa shape index (κ3) is 7.93. The average Bonchev–Trinajstić information content (AvgIpc) is 3.24. The number of hydrogen-bond donors (Lipinski definition) is 0. The van der Waals surface area contributed by atoms with Crippen molar-refractivity contribution in [3.63, 3.8) is 0 Å². The zero-order chi connectivity index (χ0) is 28.1. The van der Waals surface area contributed by atoms with Gasteiger partial charge in [-0.3, -0.25) is 14.5 Å². The lowest BCUT2D eigenvalue weighted by Gasteiger charge is -2.32. The topological polar surface area (TPSA) is 59.1 Å². The first kappa shape index (κ1) is 29.9. The van der Waals surface area contributed by atoms with Crippen LogP contribution in [0.25, 0.3) is 0 Å². The summed E-state index contributed by atoms with van der Waals surface area (Å²) in [7, 11) is 1.80. The smallest absolute Gasteiger partial charge is 0.416 e. The van der Waals surface area contributed by atoms with E-state index >= 15 is 0 Å². The molecule has 0 bridgehead atoms. The molecule has 0 spiro atoms. The summed E-state index contributed by atoms with van der Waals surface area (Å²) in [6.07, 6.45) is 1.24. The van der Waals surface area contributed by atoms with Crippen LogP contribution in [0.4, 0.5) is 13.2 Å². The zero-order valence-corrected chi connectivity index (χ0v) is 23.0. The van der Waals surface area contributed by atoms with Crippen LogP contribution in [0.2, 0.25) is 0 Å². The molecule has 1 amide bonds. The van der Waals surface area contributed by atoms with Gasteiger partial charge in [-0.05, 0) is 68.5 Å². The van der Waals surface area contributed by atoms with E-state index in [1.165, 1.54) is 6.07 Å². The fraction of sp³-hybridized carbons (Fsp3) is 0.586. The van der Waals surface area contributed by atoms with Gasteiger partial charge in [0.1, 0.15) is 0 Å². The fourth-order valence-electron chi connectivity index (χ4n) is 4.92. The summed E-state index contributed by atoms with van der Waals surface area (Å²) >= 11 is 0. The quantitative estimate of drug-likeness (QED) is 0.349. The van der Waals surface area contributed by atoms with Crippen molar-refractivity contribution in [2.24, 2.45) is 5.92 Å². The van der Waals surface area contributed by atoms with E-state index in [2.05, 4.69) is 0 Å². The van der Waals surface area contributed by atoms with E-state index in [0.29, 0.717) is 43.7 Å². The maximum Gasteiger partial charge on any atom is 0.416 e. The zero-order valence-electron chi connectivity index (χ0n) is 23.0. The van der Waals surface area contributed by atoms with Crippen LogP contribution in [-0.2, 0) is 38.3 Å². The summed E-state index contributed by atoms with van der Waals surface area (Å²) in [6, 6.07) is 4.47. The first-order valence-corrected chi connectivity index (χ1v) is 13.2. The molecular formula is C29H39F3N2O4. The Hall–Kier alpha value is -2.65. The van der Waals surface area contributed by atoms with Gasteiger partial charge in [0.25, 0.3) is 0 Å². The average molecular weight is 537 g/mol. The monoisotopic (exact) mass is 536 g/mol. The van der Waals surface area contributed by atoms with Crippen LogP contribution in [0.3, 0.4) is 0 Å². The minimum atomic E-state index is -4.42. The fourth-order valence-corrected chi connectivity index (χ4v) is 4.92. The third-order valence-electron chi connectivity index (χ3n) is 6.83. The molecule has 1 unspecified atom stereocenters. The molecule has 0 aromatic heterocycles. The van der Waals surface area contributed by atoms with Crippen LogP contribution < -0.4 is 0 Å². The van der Waals surface area contributed by atoms with E-state index in [-0.39, 0.29) is 37.4 Å². The van der Waals surface area contributed by atoms with Crippen LogP contribution in [0.15, 0.2) is 41.6 Å². The second-order valence-corrected chi connectivity index (χ2v) is 10.8. The molecule has 3 rings (SSSR count). The SMILES string of the molecule is CCOC(=O)CCN(C)CC(=O)N1CCC2=C1C=CC(C)(OCc1ccc(CC(C)C)c(C(F)(F)F)c1)C2. The highest BCUT2D eigenvalue weighted by atomic mass is 19.4. The van der Waals surface area contributed by atoms with Crippen LogP contribution in [-0.4, -0.2) is 60.6 Å². The third-order valence-corrected chi connectivity index (χ3v) is 6.83. The van der Waals surface area contributed by atoms with Gasteiger partial charge in [-0.25, -0.2) is 0 Å². The number of ether oxygens (including phenoxy) is 2. The Morgan fingerprint density at radius 3 is 2.63 bits per heavy atom. The van der Waals surface area contributed by atoms with E-state index in [1.54, 1.807) is 35.9 Å². The van der Waals surface area contributed by atoms with Gasteiger partial charge in [0.2, 0.25) is 5.91 Å². The first-order valence-electron chi connectivity index (χ1n) is 13.2. The van der Waals surface area contributed by atoms with E-state index in [0.717, 1.165) is 17.7 Å². The van der Waals surface area contributed by atoms with E-state index in [9.17, 15) is 22.8 Å². The number of hydrogen-bond acceptors (Lipinski definition) is 5. The molecule has 210 valence electrons. The molecule has 38 heavy (non-hydrogen) atoms. The number of nitrogens with zero attached hydrogens (tertiary/aromatic N) is 2. The van der Waals surface area contributed by atoms with Crippen LogP contribution >= 0.6 is 0 Å². The van der Waals surface area contributed by atoms with Crippen molar-refractivity contribution in [2.45, 2.75) is 71.8 Å². The van der Waals surface area contributed by atoms with Gasteiger partial charge in [-0.1, -0.05) is 32.1 Å². The number of likely N-dealkylation sites (N-methyl/N-ethyl adjacent to an activating group) is 1. The second-order valence-electron chi connectivity index (χ2n) is 10.8. The van der Waals surface area contributed by atoms with Crippen LogP contribution in [0.5, 0.6) is 0 Å². The lowest BCUT2D eigenvalue weighted by atomic mass is 9.89. The molecule has 1 atom stereocenters. The van der Waals surface area contributed by atoms with E-state index in [4.69, 9.17) is 9.47 Å². The van der Waals surface area contributed by atoms with Gasteiger partial charge in [-0.15, -0.1) is 0 Å². The minimum absolute atomic E-state index is 0.0447. The lowest BCUT2D eigenvalue weighted by molar-refractivity contribution is -0.144. The highest BCUT2D eigenvalue weighted by Crippen LogP contribution is 2.38. The Morgan fingerprint density at radius 2 is 1.97 bits per heavy atom. The summed E-state index contributed by atoms with van der Waals surface area (Å²) in [5, 5.41) is 0. The molecule has 9 heteroatoms. The van der Waals surface area contributed by atoms with Crippen molar-refractivity contribution < 1.29 is 32.2 Å². The number of esters is 1. The molecule has 6 nitrogen and oxygen atoms in total.